The van der Waals surface area contributed by atoms with Crippen molar-refractivity contribution in [1.82, 2.24) is 0 Å². The minimum absolute atomic E-state index is 0.0354. The van der Waals surface area contributed by atoms with E-state index in [0.717, 1.165) is 12.0 Å². The first-order valence-corrected chi connectivity index (χ1v) is 6.94. The summed E-state index contributed by atoms with van der Waals surface area (Å²) in [6, 6.07) is 7.27. The summed E-state index contributed by atoms with van der Waals surface area (Å²) in [6.45, 7) is 6.32. The van der Waals surface area contributed by atoms with Gasteiger partial charge in [0.2, 0.25) is 0 Å². The number of para-hydroxylation sites is 1. The Morgan fingerprint density at radius 1 is 1.15 bits per heavy atom. The normalized spacial score (nSPS) is 11.8. The van der Waals surface area contributed by atoms with Crippen molar-refractivity contribution in [3.05, 3.63) is 29.8 Å². The van der Waals surface area contributed by atoms with Crippen molar-refractivity contribution in [2.24, 2.45) is 5.92 Å². The van der Waals surface area contributed by atoms with Crippen LogP contribution in [0, 0.1) is 12.8 Å². The first-order valence-electron chi connectivity index (χ1n) is 6.94. The summed E-state index contributed by atoms with van der Waals surface area (Å²) in [7, 11) is 0. The molecule has 0 heterocycles. The predicted molar refractivity (Wildman–Crippen MR) is 76.5 cm³/mol. The number of benzene rings is 1. The monoisotopic (exact) mass is 278 g/mol. The van der Waals surface area contributed by atoms with Gasteiger partial charge < -0.3 is 9.47 Å². The lowest BCUT2D eigenvalue weighted by atomic mass is 10.1. The van der Waals surface area contributed by atoms with Crippen LogP contribution >= 0.6 is 0 Å². The van der Waals surface area contributed by atoms with Crippen LogP contribution in [0.4, 0.5) is 0 Å². The summed E-state index contributed by atoms with van der Waals surface area (Å²) in [5.41, 5.74) is 0.889. The third-order valence-corrected chi connectivity index (χ3v) is 3.08. The molecule has 0 N–H and O–H groups in total. The largest absolute Gasteiger partial charge is 0.465 e. The molecule has 1 atom stereocenters. The van der Waals surface area contributed by atoms with Crippen molar-refractivity contribution in [2.45, 2.75) is 40.0 Å². The molecule has 1 aromatic rings. The van der Waals surface area contributed by atoms with Crippen LogP contribution in [0.15, 0.2) is 24.3 Å². The number of hydrogen-bond acceptors (Lipinski definition) is 4. The van der Waals surface area contributed by atoms with Gasteiger partial charge in [-0.2, -0.15) is 0 Å². The summed E-state index contributed by atoms with van der Waals surface area (Å²) >= 11 is 0. The molecule has 0 aliphatic carbocycles. The van der Waals surface area contributed by atoms with Crippen LogP contribution in [0.25, 0.3) is 0 Å². The molecule has 1 unspecified atom stereocenters. The Balaban J connectivity index is 2.30. The Hall–Kier alpha value is -1.84. The van der Waals surface area contributed by atoms with Crippen LogP contribution in [0.3, 0.4) is 0 Å². The molecule has 0 radical (unpaired) electrons. The number of hydrogen-bond donors (Lipinski definition) is 0. The second kappa shape index (κ2) is 8.35. The Bertz CT molecular complexity index is 454. The highest BCUT2D eigenvalue weighted by molar-refractivity contribution is 5.79. The Morgan fingerprint density at radius 2 is 1.80 bits per heavy atom. The molecule has 0 aromatic heterocycles. The zero-order chi connectivity index (χ0) is 15.0. The molecular formula is C16H22O4. The third kappa shape index (κ3) is 5.87. The van der Waals surface area contributed by atoms with Crippen molar-refractivity contribution in [3.63, 3.8) is 0 Å². The lowest BCUT2D eigenvalue weighted by Crippen LogP contribution is -2.15. The van der Waals surface area contributed by atoms with Gasteiger partial charge in [-0.15, -0.1) is 0 Å². The highest BCUT2D eigenvalue weighted by Gasteiger charge is 2.12. The van der Waals surface area contributed by atoms with Crippen molar-refractivity contribution >= 4 is 11.9 Å². The lowest BCUT2D eigenvalue weighted by molar-refractivity contribution is -0.147. The van der Waals surface area contributed by atoms with Crippen molar-refractivity contribution in [1.29, 1.82) is 0 Å². The number of carbonyl (C=O) groups excluding carboxylic acids is 2. The smallest absolute Gasteiger partial charge is 0.311 e. The van der Waals surface area contributed by atoms with E-state index in [4.69, 9.17) is 9.47 Å². The van der Waals surface area contributed by atoms with Gasteiger partial charge in [-0.3, -0.25) is 9.59 Å². The number of rotatable bonds is 7. The number of carbonyl (C=O) groups is 2. The van der Waals surface area contributed by atoms with Crippen LogP contribution < -0.4 is 4.74 Å². The molecule has 0 aliphatic rings. The molecule has 110 valence electrons. The zero-order valence-electron chi connectivity index (χ0n) is 12.3. The Morgan fingerprint density at radius 3 is 2.45 bits per heavy atom. The van der Waals surface area contributed by atoms with E-state index in [2.05, 4.69) is 0 Å². The van der Waals surface area contributed by atoms with E-state index in [-0.39, 0.29) is 18.8 Å². The van der Waals surface area contributed by atoms with Gasteiger partial charge in [0.25, 0.3) is 0 Å². The van der Waals surface area contributed by atoms with Gasteiger partial charge in [-0.1, -0.05) is 38.5 Å². The Kier molecular flexibility index (Phi) is 6.77. The van der Waals surface area contributed by atoms with Crippen molar-refractivity contribution < 1.29 is 19.1 Å². The van der Waals surface area contributed by atoms with E-state index in [9.17, 15) is 9.59 Å². The molecule has 0 fully saturated rings. The fourth-order valence-corrected chi connectivity index (χ4v) is 1.47. The first kappa shape index (κ1) is 16.2. The number of ether oxygens (including phenoxy) is 2. The molecule has 4 heteroatoms. The minimum Gasteiger partial charge on any atom is -0.465 e. The molecule has 0 spiro atoms. The predicted octanol–water partition coefficient (Wildman–Crippen LogP) is 3.27. The van der Waals surface area contributed by atoms with Crippen molar-refractivity contribution in [2.75, 3.05) is 6.61 Å². The van der Waals surface area contributed by atoms with Gasteiger partial charge in [-0.25, -0.2) is 0 Å². The summed E-state index contributed by atoms with van der Waals surface area (Å²) in [4.78, 5) is 23.1. The average molecular weight is 278 g/mol. The van der Waals surface area contributed by atoms with Crippen LogP contribution in [0.1, 0.15) is 38.7 Å². The lowest BCUT2D eigenvalue weighted by Gasteiger charge is -2.09. The second-order valence-electron chi connectivity index (χ2n) is 4.94. The zero-order valence-corrected chi connectivity index (χ0v) is 12.3. The standard InChI is InChI=1S/C16H22O4/c1-4-12(2)11-19-15(17)9-10-16(18)20-14-8-6-5-7-13(14)3/h5-8,12H,4,9-11H2,1-3H3. The van der Waals surface area contributed by atoms with Crippen LogP contribution in [-0.2, 0) is 14.3 Å². The molecule has 20 heavy (non-hydrogen) atoms. The number of aryl methyl sites for hydroxylation is 1. The highest BCUT2D eigenvalue weighted by Crippen LogP contribution is 2.17. The van der Waals surface area contributed by atoms with Gasteiger partial charge in [-0.05, 0) is 24.5 Å². The van der Waals surface area contributed by atoms with Crippen LogP contribution in [0.2, 0.25) is 0 Å². The van der Waals surface area contributed by atoms with E-state index in [0.29, 0.717) is 18.3 Å². The molecule has 0 amide bonds. The van der Waals surface area contributed by atoms with E-state index >= 15 is 0 Å². The molecule has 0 aliphatic heterocycles. The van der Waals surface area contributed by atoms with E-state index < -0.39 is 5.97 Å². The highest BCUT2D eigenvalue weighted by atomic mass is 16.5. The summed E-state index contributed by atoms with van der Waals surface area (Å²) in [5.74, 6) is 0.107. The third-order valence-electron chi connectivity index (χ3n) is 3.08. The molecular weight excluding hydrogens is 256 g/mol. The molecule has 0 saturated carbocycles. The van der Waals surface area contributed by atoms with Gasteiger partial charge in [0, 0.05) is 0 Å². The maximum atomic E-state index is 11.6. The first-order chi connectivity index (χ1) is 9.52. The van der Waals surface area contributed by atoms with E-state index in [1.807, 2.05) is 32.9 Å². The summed E-state index contributed by atoms with van der Waals surface area (Å²) in [6.07, 6.45) is 1.05. The Labute approximate surface area is 120 Å². The minimum atomic E-state index is -0.417. The molecule has 1 rings (SSSR count). The molecule has 4 nitrogen and oxygen atoms in total. The topological polar surface area (TPSA) is 52.6 Å². The maximum absolute atomic E-state index is 11.6. The van der Waals surface area contributed by atoms with E-state index in [1.54, 1.807) is 12.1 Å². The van der Waals surface area contributed by atoms with Crippen LogP contribution in [0.5, 0.6) is 5.75 Å². The van der Waals surface area contributed by atoms with E-state index in [1.165, 1.54) is 0 Å². The summed E-state index contributed by atoms with van der Waals surface area (Å²) < 4.78 is 10.3. The summed E-state index contributed by atoms with van der Waals surface area (Å²) in [5, 5.41) is 0. The quantitative estimate of drug-likeness (QED) is 0.567. The van der Waals surface area contributed by atoms with Gasteiger partial charge in [0.05, 0.1) is 19.4 Å². The van der Waals surface area contributed by atoms with Crippen molar-refractivity contribution in [3.8, 4) is 5.75 Å². The molecule has 0 bridgehead atoms. The SMILES string of the molecule is CCC(C)COC(=O)CCC(=O)Oc1ccccc1C. The van der Waals surface area contributed by atoms with Gasteiger partial charge in [0.15, 0.2) is 0 Å². The van der Waals surface area contributed by atoms with Gasteiger partial charge in [0.1, 0.15) is 5.75 Å². The fourth-order valence-electron chi connectivity index (χ4n) is 1.47. The van der Waals surface area contributed by atoms with Crippen LogP contribution in [-0.4, -0.2) is 18.5 Å². The molecule has 1 aromatic carbocycles. The number of esters is 2. The second-order valence-corrected chi connectivity index (χ2v) is 4.94. The molecule has 0 saturated heterocycles. The average Bonchev–Trinajstić information content (AvgIpc) is 2.45. The maximum Gasteiger partial charge on any atom is 0.311 e. The fraction of sp³-hybridized carbons (Fsp3) is 0.500. The van der Waals surface area contributed by atoms with Gasteiger partial charge >= 0.3 is 11.9 Å².